The van der Waals surface area contributed by atoms with Crippen molar-refractivity contribution in [3.8, 4) is 0 Å². The fourth-order valence-corrected chi connectivity index (χ4v) is 0.300. The lowest BCUT2D eigenvalue weighted by Gasteiger charge is -1.84. The van der Waals surface area contributed by atoms with E-state index in [1.165, 1.54) is 0 Å². The second kappa shape index (κ2) is 5.85. The summed E-state index contributed by atoms with van der Waals surface area (Å²) in [5, 5.41) is 7.35. The van der Waals surface area contributed by atoms with Gasteiger partial charge in [0.2, 0.25) is 5.24 Å². The zero-order valence-electron chi connectivity index (χ0n) is 4.46. The molecule has 0 rings (SSSR count). The highest BCUT2D eigenvalue weighted by molar-refractivity contribution is 6.63. The minimum atomic E-state index is -1.00. The number of carbonyl (C=O) groups excluding carboxylic acids is 1. The van der Waals surface area contributed by atoms with Crippen LogP contribution < -0.4 is 0 Å². The third-order valence-corrected chi connectivity index (χ3v) is 0.724. The van der Waals surface area contributed by atoms with Gasteiger partial charge in [-0.25, -0.2) is 0 Å². The molecule has 0 saturated heterocycles. The molecule has 54 valence electrons. The Balaban J connectivity index is 0. The molecule has 0 aromatic heterocycles. The van der Waals surface area contributed by atoms with E-state index in [4.69, 9.17) is 16.7 Å². The number of hydrogen-bond acceptors (Lipinski definition) is 2. The van der Waals surface area contributed by atoms with Gasteiger partial charge in [0.15, 0.2) is 0 Å². The van der Waals surface area contributed by atoms with Crippen molar-refractivity contribution in [2.75, 3.05) is 0 Å². The summed E-state index contributed by atoms with van der Waals surface area (Å²) in [6.07, 6.45) is -0.265. The molecule has 1 N–H and O–H groups in total. The summed E-state index contributed by atoms with van der Waals surface area (Å²) in [6.45, 7) is 0. The van der Waals surface area contributed by atoms with E-state index in [0.717, 1.165) is 0 Å². The Labute approximate surface area is 63.4 Å². The Hall–Kier alpha value is -0.280. The number of hydrogen-bond donors (Lipinski definition) is 1. The van der Waals surface area contributed by atoms with Gasteiger partial charge in [-0.05, 0) is 11.6 Å². The Morgan fingerprint density at radius 2 is 1.78 bits per heavy atom. The topological polar surface area (TPSA) is 54.4 Å². The molecular weight excluding hydrogens is 167 g/mol. The van der Waals surface area contributed by atoms with Crippen LogP contribution in [0.5, 0.6) is 0 Å². The highest BCUT2D eigenvalue weighted by Gasteiger charge is 1.99. The van der Waals surface area contributed by atoms with Gasteiger partial charge < -0.3 is 5.11 Å². The smallest absolute Gasteiger partial charge is 0.303 e. The highest BCUT2D eigenvalue weighted by atomic mass is 35.5. The van der Waals surface area contributed by atoms with Crippen LogP contribution in [0.15, 0.2) is 0 Å². The zero-order valence-corrected chi connectivity index (χ0v) is 6.04. The number of carboxylic acid groups (broad SMARTS) is 1. The molecule has 0 atom stereocenters. The number of halogens is 2. The van der Waals surface area contributed by atoms with E-state index in [-0.39, 0.29) is 25.2 Å². The summed E-state index contributed by atoms with van der Waals surface area (Å²) in [4.78, 5) is 19.5. The van der Waals surface area contributed by atoms with Crippen molar-refractivity contribution in [3.63, 3.8) is 0 Å². The normalized spacial score (nSPS) is 7.67. The van der Waals surface area contributed by atoms with Crippen molar-refractivity contribution in [1.82, 2.24) is 0 Å². The molecule has 0 aromatic rings. The van der Waals surface area contributed by atoms with Gasteiger partial charge in [0, 0.05) is 6.42 Å². The van der Waals surface area contributed by atoms with E-state index >= 15 is 0 Å². The SMILES string of the molecule is Cl.O=C(O)CCC(=O)Cl. The van der Waals surface area contributed by atoms with Crippen LogP contribution >= 0.6 is 24.0 Å². The van der Waals surface area contributed by atoms with Gasteiger partial charge in [-0.15, -0.1) is 12.4 Å². The number of aliphatic carboxylic acids is 1. The average Bonchev–Trinajstić information content (AvgIpc) is 1.61. The van der Waals surface area contributed by atoms with E-state index in [0.29, 0.717) is 0 Å². The minimum Gasteiger partial charge on any atom is -0.481 e. The molecule has 0 spiro atoms. The quantitative estimate of drug-likeness (QED) is 0.648. The van der Waals surface area contributed by atoms with Crippen LogP contribution in [0.25, 0.3) is 0 Å². The van der Waals surface area contributed by atoms with Crippen LogP contribution in [0, 0.1) is 0 Å². The van der Waals surface area contributed by atoms with E-state index in [1.54, 1.807) is 0 Å². The number of carbonyl (C=O) groups is 2. The Kier molecular flexibility index (Phi) is 7.48. The van der Waals surface area contributed by atoms with E-state index < -0.39 is 11.2 Å². The van der Waals surface area contributed by atoms with Crippen LogP contribution in [0.4, 0.5) is 0 Å². The fourth-order valence-electron chi connectivity index (χ4n) is 0.205. The first-order chi connectivity index (χ1) is 3.63. The lowest BCUT2D eigenvalue weighted by molar-refractivity contribution is -0.138. The largest absolute Gasteiger partial charge is 0.481 e. The first-order valence-electron chi connectivity index (χ1n) is 2.03. The summed E-state index contributed by atoms with van der Waals surface area (Å²) in [7, 11) is 0. The van der Waals surface area contributed by atoms with E-state index in [9.17, 15) is 9.59 Å². The summed E-state index contributed by atoms with van der Waals surface area (Å²) in [6, 6.07) is 0. The molecule has 0 aliphatic carbocycles. The predicted molar refractivity (Wildman–Crippen MR) is 35.0 cm³/mol. The standard InChI is InChI=1S/C4H5ClO3.ClH/c5-3(6)1-2-4(7)8;/h1-2H2,(H,7,8);1H. The monoisotopic (exact) mass is 172 g/mol. The van der Waals surface area contributed by atoms with Gasteiger partial charge in [-0.2, -0.15) is 0 Å². The minimum absolute atomic E-state index is 0. The van der Waals surface area contributed by atoms with Gasteiger partial charge in [-0.3, -0.25) is 9.59 Å². The Morgan fingerprint density at radius 1 is 1.33 bits per heavy atom. The van der Waals surface area contributed by atoms with Crippen molar-refractivity contribution in [2.45, 2.75) is 12.8 Å². The lowest BCUT2D eigenvalue weighted by Crippen LogP contribution is -1.96. The second-order valence-corrected chi connectivity index (χ2v) is 1.67. The maximum Gasteiger partial charge on any atom is 0.303 e. The van der Waals surface area contributed by atoms with Crippen LogP contribution in [-0.2, 0) is 9.59 Å². The first kappa shape index (κ1) is 11.5. The van der Waals surface area contributed by atoms with Gasteiger partial charge >= 0.3 is 5.97 Å². The van der Waals surface area contributed by atoms with Crippen molar-refractivity contribution >= 4 is 35.2 Å². The lowest BCUT2D eigenvalue weighted by atomic mass is 10.3. The molecule has 0 unspecified atom stereocenters. The summed E-state index contributed by atoms with van der Waals surface area (Å²) in [5.41, 5.74) is 0. The third kappa shape index (κ3) is 11.3. The molecule has 0 radical (unpaired) electrons. The summed E-state index contributed by atoms with van der Waals surface area (Å²) in [5.74, 6) is -1.00. The highest BCUT2D eigenvalue weighted by Crippen LogP contribution is 1.92. The predicted octanol–water partition coefficient (Wildman–Crippen LogP) is 1.04. The molecule has 5 heteroatoms. The van der Waals surface area contributed by atoms with Crippen molar-refractivity contribution in [1.29, 1.82) is 0 Å². The average molecular weight is 173 g/mol. The second-order valence-electron chi connectivity index (χ2n) is 1.25. The third-order valence-electron chi connectivity index (χ3n) is 0.535. The maximum absolute atomic E-state index is 9.85. The molecule has 0 fully saturated rings. The summed E-state index contributed by atoms with van der Waals surface area (Å²) < 4.78 is 0. The molecule has 0 heterocycles. The molecular formula is C4H6Cl2O3. The van der Waals surface area contributed by atoms with Crippen molar-refractivity contribution < 1.29 is 14.7 Å². The maximum atomic E-state index is 9.85. The van der Waals surface area contributed by atoms with Crippen LogP contribution in [-0.4, -0.2) is 16.3 Å². The number of rotatable bonds is 3. The van der Waals surface area contributed by atoms with Gasteiger partial charge in [0.05, 0.1) is 6.42 Å². The van der Waals surface area contributed by atoms with Gasteiger partial charge in [0.1, 0.15) is 0 Å². The van der Waals surface area contributed by atoms with Gasteiger partial charge in [-0.1, -0.05) is 0 Å². The fraction of sp³-hybridized carbons (Fsp3) is 0.500. The van der Waals surface area contributed by atoms with Crippen LogP contribution in [0.1, 0.15) is 12.8 Å². The Bertz CT molecular complexity index is 98.4. The molecule has 0 bridgehead atoms. The zero-order chi connectivity index (χ0) is 6.57. The molecule has 9 heavy (non-hydrogen) atoms. The van der Waals surface area contributed by atoms with Crippen LogP contribution in [0.3, 0.4) is 0 Å². The molecule has 0 aliphatic rings. The first-order valence-corrected chi connectivity index (χ1v) is 2.41. The van der Waals surface area contributed by atoms with Gasteiger partial charge in [0.25, 0.3) is 0 Å². The van der Waals surface area contributed by atoms with Crippen molar-refractivity contribution in [3.05, 3.63) is 0 Å². The number of carboxylic acids is 1. The van der Waals surface area contributed by atoms with Crippen molar-refractivity contribution in [2.24, 2.45) is 0 Å². The Morgan fingerprint density at radius 3 is 1.89 bits per heavy atom. The molecule has 3 nitrogen and oxygen atoms in total. The summed E-state index contributed by atoms with van der Waals surface area (Å²) >= 11 is 4.82. The molecule has 0 aliphatic heterocycles. The van der Waals surface area contributed by atoms with E-state index in [2.05, 4.69) is 0 Å². The molecule has 0 saturated carbocycles. The van der Waals surface area contributed by atoms with E-state index in [1.807, 2.05) is 0 Å². The molecule has 0 aromatic carbocycles. The van der Waals surface area contributed by atoms with Crippen LogP contribution in [0.2, 0.25) is 0 Å². The molecule has 0 amide bonds.